The molecular weight excluding hydrogens is 426 g/mol. The lowest BCUT2D eigenvalue weighted by Crippen LogP contribution is -2.18. The number of aliphatic hydroxyl groups excluding tert-OH is 1. The Morgan fingerprint density at radius 3 is 2.67 bits per heavy atom. The molecule has 3 rings (SSSR count). The molecule has 10 heteroatoms. The van der Waals surface area contributed by atoms with E-state index in [9.17, 15) is 15.2 Å². The van der Waals surface area contributed by atoms with Crippen LogP contribution in [0.1, 0.15) is 22.6 Å². The molecule has 0 bridgehead atoms. The van der Waals surface area contributed by atoms with Gasteiger partial charge in [0.15, 0.2) is 17.1 Å². The van der Waals surface area contributed by atoms with Crippen LogP contribution in [0.25, 0.3) is 5.76 Å². The minimum Gasteiger partial charge on any atom is -0.506 e. The van der Waals surface area contributed by atoms with Gasteiger partial charge in [-0.1, -0.05) is 35.5 Å². The van der Waals surface area contributed by atoms with E-state index in [4.69, 9.17) is 14.0 Å². The Kier molecular flexibility index (Phi) is 8.10. The Balaban J connectivity index is 1.82. The van der Waals surface area contributed by atoms with Gasteiger partial charge < -0.3 is 19.1 Å². The third-order valence-electron chi connectivity index (χ3n) is 4.67. The van der Waals surface area contributed by atoms with Crippen LogP contribution in [0.3, 0.4) is 0 Å². The second kappa shape index (κ2) is 11.4. The molecule has 33 heavy (non-hydrogen) atoms. The molecule has 0 saturated heterocycles. The number of rotatable bonds is 10. The summed E-state index contributed by atoms with van der Waals surface area (Å²) < 4.78 is 15.6. The second-order valence-corrected chi connectivity index (χ2v) is 6.92. The van der Waals surface area contributed by atoms with Crippen molar-refractivity contribution in [2.45, 2.75) is 19.8 Å². The van der Waals surface area contributed by atoms with E-state index in [1.165, 1.54) is 12.4 Å². The highest BCUT2D eigenvalue weighted by atomic mass is 16.5. The number of ether oxygens (including phenoxy) is 2. The summed E-state index contributed by atoms with van der Waals surface area (Å²) in [6.07, 6.45) is 3.91. The molecule has 2 aromatic heterocycles. The van der Waals surface area contributed by atoms with E-state index < -0.39 is 17.2 Å². The van der Waals surface area contributed by atoms with E-state index >= 15 is 0 Å². The van der Waals surface area contributed by atoms with Crippen molar-refractivity contribution in [3.05, 3.63) is 70.9 Å². The predicted molar refractivity (Wildman–Crippen MR) is 118 cm³/mol. The second-order valence-electron chi connectivity index (χ2n) is 6.92. The van der Waals surface area contributed by atoms with Gasteiger partial charge in [0.2, 0.25) is 5.95 Å². The van der Waals surface area contributed by atoms with Gasteiger partial charge in [-0.2, -0.15) is 5.26 Å². The van der Waals surface area contributed by atoms with Gasteiger partial charge >= 0.3 is 0 Å². The van der Waals surface area contributed by atoms with Crippen molar-refractivity contribution in [3.63, 3.8) is 0 Å². The van der Waals surface area contributed by atoms with E-state index in [1.54, 1.807) is 20.1 Å². The number of aromatic nitrogens is 3. The number of nitrogens with one attached hydrogen (secondary N) is 1. The Hall–Kier alpha value is -4.23. The summed E-state index contributed by atoms with van der Waals surface area (Å²) in [7, 11) is 1.58. The first-order valence-corrected chi connectivity index (χ1v) is 10.1. The van der Waals surface area contributed by atoms with Gasteiger partial charge in [0.1, 0.15) is 18.4 Å². The normalized spacial score (nSPS) is 11.4. The van der Waals surface area contributed by atoms with Crippen LogP contribution < -0.4 is 10.1 Å². The smallest absolute Gasteiger partial charge is 0.272 e. The minimum atomic E-state index is -0.863. The lowest BCUT2D eigenvalue weighted by atomic mass is 10.1. The summed E-state index contributed by atoms with van der Waals surface area (Å²) >= 11 is 0. The maximum absolute atomic E-state index is 12.6. The number of anilines is 1. The van der Waals surface area contributed by atoms with Crippen molar-refractivity contribution in [2.75, 3.05) is 25.6 Å². The van der Waals surface area contributed by atoms with E-state index in [-0.39, 0.29) is 17.3 Å². The predicted octanol–water partition coefficient (Wildman–Crippen LogP) is 3.01. The Morgan fingerprint density at radius 2 is 2.00 bits per heavy atom. The number of aliphatic hydroxyl groups is 1. The molecule has 0 saturated carbocycles. The van der Waals surface area contributed by atoms with Crippen molar-refractivity contribution < 1.29 is 23.9 Å². The SMILES string of the molecule is COCCOc1cnc(NC(=O)/C(C#N)=C(\O)c2cnoc2C)nc1CCc1ccccc1. The fourth-order valence-electron chi connectivity index (χ4n) is 2.94. The lowest BCUT2D eigenvalue weighted by molar-refractivity contribution is -0.112. The van der Waals surface area contributed by atoms with Crippen LogP contribution in [-0.4, -0.2) is 46.5 Å². The highest BCUT2D eigenvalue weighted by Crippen LogP contribution is 2.22. The topological polar surface area (TPSA) is 143 Å². The standard InChI is InChI=1S/C23H23N5O5/c1-15-18(13-26-33-15)21(29)17(12-24)22(30)28-23-25-14-20(32-11-10-31-2)19(27-23)9-8-16-6-4-3-5-7-16/h3-7,13-14,29H,8-11H2,1-2H3,(H,25,27,28,30)/b21-17-. The number of hydrogen-bond acceptors (Lipinski definition) is 9. The van der Waals surface area contributed by atoms with Crippen molar-refractivity contribution in [1.82, 2.24) is 15.1 Å². The molecule has 0 aliphatic rings. The zero-order valence-electron chi connectivity index (χ0n) is 18.2. The number of benzene rings is 1. The number of carbonyl (C=O) groups excluding carboxylic acids is 1. The monoisotopic (exact) mass is 449 g/mol. The number of aryl methyl sites for hydroxylation is 3. The molecule has 0 aliphatic heterocycles. The number of amides is 1. The average molecular weight is 449 g/mol. The lowest BCUT2D eigenvalue weighted by Gasteiger charge is -2.12. The number of hydrogen-bond donors (Lipinski definition) is 2. The molecule has 0 unspecified atom stereocenters. The Labute approximate surface area is 190 Å². The van der Waals surface area contributed by atoms with Gasteiger partial charge in [-0.15, -0.1) is 0 Å². The van der Waals surface area contributed by atoms with Crippen LogP contribution in [0.2, 0.25) is 0 Å². The summed E-state index contributed by atoms with van der Waals surface area (Å²) in [5.74, 6) is -0.690. The molecule has 170 valence electrons. The molecule has 2 N–H and O–H groups in total. The number of nitrogens with zero attached hydrogens (tertiary/aromatic N) is 4. The quantitative estimate of drug-likeness (QED) is 0.206. The van der Waals surface area contributed by atoms with Crippen LogP contribution in [0.5, 0.6) is 5.75 Å². The van der Waals surface area contributed by atoms with Crippen molar-refractivity contribution in [1.29, 1.82) is 5.26 Å². The maximum Gasteiger partial charge on any atom is 0.272 e. The van der Waals surface area contributed by atoms with Crippen LogP contribution in [0.4, 0.5) is 5.95 Å². The van der Waals surface area contributed by atoms with Crippen LogP contribution in [-0.2, 0) is 22.4 Å². The molecular formula is C23H23N5O5. The van der Waals surface area contributed by atoms with Crippen LogP contribution in [0.15, 0.2) is 52.8 Å². The van der Waals surface area contributed by atoms with Gasteiger partial charge in [0.05, 0.1) is 30.3 Å². The molecule has 1 amide bonds. The van der Waals surface area contributed by atoms with Crippen LogP contribution in [0, 0.1) is 18.3 Å². The summed E-state index contributed by atoms with van der Waals surface area (Å²) in [4.78, 5) is 21.2. The third-order valence-corrected chi connectivity index (χ3v) is 4.67. The van der Waals surface area contributed by atoms with Gasteiger partial charge in [-0.25, -0.2) is 9.97 Å². The molecule has 2 heterocycles. The molecule has 0 aliphatic carbocycles. The van der Waals surface area contributed by atoms with E-state index in [0.29, 0.717) is 37.5 Å². The average Bonchev–Trinajstić information content (AvgIpc) is 3.26. The van der Waals surface area contributed by atoms with Gasteiger partial charge in [0, 0.05) is 7.11 Å². The first-order chi connectivity index (χ1) is 16.0. The molecule has 0 fully saturated rings. The number of carbonyl (C=O) groups is 1. The van der Waals surface area contributed by atoms with Crippen molar-refractivity contribution in [2.24, 2.45) is 0 Å². The van der Waals surface area contributed by atoms with Crippen molar-refractivity contribution >= 4 is 17.6 Å². The van der Waals surface area contributed by atoms with Crippen LogP contribution >= 0.6 is 0 Å². The summed E-state index contributed by atoms with van der Waals surface area (Å²) in [5, 5.41) is 25.8. The zero-order valence-corrected chi connectivity index (χ0v) is 18.2. The third kappa shape index (κ3) is 6.15. The van der Waals surface area contributed by atoms with E-state index in [0.717, 1.165) is 5.56 Å². The van der Waals surface area contributed by atoms with E-state index in [2.05, 4.69) is 20.4 Å². The Morgan fingerprint density at radius 1 is 1.21 bits per heavy atom. The minimum absolute atomic E-state index is 0.0234. The van der Waals surface area contributed by atoms with Crippen molar-refractivity contribution in [3.8, 4) is 11.8 Å². The molecule has 0 radical (unpaired) electrons. The highest BCUT2D eigenvalue weighted by molar-refractivity contribution is 6.10. The largest absolute Gasteiger partial charge is 0.506 e. The Bertz CT molecular complexity index is 1170. The van der Waals surface area contributed by atoms with Gasteiger partial charge in [0.25, 0.3) is 5.91 Å². The van der Waals surface area contributed by atoms with Gasteiger partial charge in [-0.3, -0.25) is 10.1 Å². The zero-order chi connectivity index (χ0) is 23.6. The first-order valence-electron chi connectivity index (χ1n) is 10.1. The number of methoxy groups -OCH3 is 1. The maximum atomic E-state index is 12.6. The first kappa shape index (κ1) is 23.4. The van der Waals surface area contributed by atoms with Gasteiger partial charge in [-0.05, 0) is 25.3 Å². The number of nitriles is 1. The fraction of sp³-hybridized carbons (Fsp3) is 0.261. The molecule has 0 spiro atoms. The molecule has 1 aromatic carbocycles. The molecule has 3 aromatic rings. The molecule has 10 nitrogen and oxygen atoms in total. The fourth-order valence-corrected chi connectivity index (χ4v) is 2.94. The van der Waals surface area contributed by atoms with E-state index in [1.807, 2.05) is 30.3 Å². The summed E-state index contributed by atoms with van der Waals surface area (Å²) in [6.45, 7) is 2.27. The summed E-state index contributed by atoms with van der Waals surface area (Å²) in [5.41, 5.74) is 1.33. The highest BCUT2D eigenvalue weighted by Gasteiger charge is 2.21. The molecule has 0 atom stereocenters. The summed E-state index contributed by atoms with van der Waals surface area (Å²) in [6, 6.07) is 11.6.